The minimum absolute atomic E-state index is 0.128. The van der Waals surface area contributed by atoms with Gasteiger partial charge in [-0.05, 0) is 37.1 Å². The van der Waals surface area contributed by atoms with Crippen molar-refractivity contribution < 1.29 is 19.4 Å². The number of rotatable bonds is 5. The zero-order chi connectivity index (χ0) is 14.8. The van der Waals surface area contributed by atoms with Crippen molar-refractivity contribution in [2.45, 2.75) is 26.2 Å². The maximum Gasteiger partial charge on any atom is 0.341 e. The highest BCUT2D eigenvalue weighted by atomic mass is 16.5. The van der Waals surface area contributed by atoms with Crippen LogP contribution in [0.15, 0.2) is 24.3 Å². The Balaban J connectivity index is 2.02. The van der Waals surface area contributed by atoms with E-state index >= 15 is 0 Å². The summed E-state index contributed by atoms with van der Waals surface area (Å²) in [4.78, 5) is 24.4. The Morgan fingerprint density at radius 1 is 1.30 bits per heavy atom. The molecule has 1 aromatic rings. The van der Waals surface area contributed by atoms with Crippen molar-refractivity contribution in [1.82, 2.24) is 0 Å². The third kappa shape index (κ3) is 2.92. The summed E-state index contributed by atoms with van der Waals surface area (Å²) in [6.07, 6.45) is 2.99. The molecule has 0 unspecified atom stereocenters. The molecule has 108 valence electrons. The van der Waals surface area contributed by atoms with E-state index in [0.717, 1.165) is 24.9 Å². The molecule has 0 spiro atoms. The zero-order valence-corrected chi connectivity index (χ0v) is 11.8. The van der Waals surface area contributed by atoms with Crippen LogP contribution in [0, 0.1) is 5.41 Å². The fourth-order valence-electron chi connectivity index (χ4n) is 2.35. The molecule has 5 heteroatoms. The van der Waals surface area contributed by atoms with Crippen molar-refractivity contribution in [1.29, 1.82) is 0 Å². The van der Waals surface area contributed by atoms with Gasteiger partial charge in [0.15, 0.2) is 6.61 Å². The van der Waals surface area contributed by atoms with Gasteiger partial charge in [-0.1, -0.05) is 13.3 Å². The molecule has 0 radical (unpaired) electrons. The Labute approximate surface area is 118 Å². The van der Waals surface area contributed by atoms with E-state index in [0.29, 0.717) is 5.75 Å². The molecule has 1 amide bonds. The molecule has 0 heterocycles. The predicted molar refractivity (Wildman–Crippen MR) is 74.9 cm³/mol. The van der Waals surface area contributed by atoms with Gasteiger partial charge in [0.25, 0.3) is 0 Å². The first-order valence-electron chi connectivity index (χ1n) is 6.65. The van der Waals surface area contributed by atoms with Crippen LogP contribution in [0.4, 0.5) is 5.69 Å². The first-order valence-corrected chi connectivity index (χ1v) is 6.65. The van der Waals surface area contributed by atoms with E-state index in [2.05, 4.69) is 0 Å². The minimum atomic E-state index is -1.01. The predicted octanol–water partition coefficient (Wildman–Crippen LogP) is 2.30. The Kier molecular flexibility index (Phi) is 3.97. The second-order valence-electron chi connectivity index (χ2n) is 5.45. The molecule has 1 aromatic carbocycles. The van der Waals surface area contributed by atoms with Gasteiger partial charge in [0, 0.05) is 18.2 Å². The van der Waals surface area contributed by atoms with E-state index < -0.39 is 5.97 Å². The number of hydrogen-bond acceptors (Lipinski definition) is 3. The van der Waals surface area contributed by atoms with Crippen molar-refractivity contribution >= 4 is 17.6 Å². The van der Waals surface area contributed by atoms with Gasteiger partial charge >= 0.3 is 5.97 Å². The topological polar surface area (TPSA) is 66.8 Å². The van der Waals surface area contributed by atoms with E-state index in [9.17, 15) is 9.59 Å². The molecule has 1 N–H and O–H groups in total. The monoisotopic (exact) mass is 277 g/mol. The maximum atomic E-state index is 12.4. The van der Waals surface area contributed by atoms with Crippen LogP contribution in [0.3, 0.4) is 0 Å². The molecule has 0 atom stereocenters. The van der Waals surface area contributed by atoms with Gasteiger partial charge in [0.1, 0.15) is 5.75 Å². The van der Waals surface area contributed by atoms with Crippen molar-refractivity contribution in [2.75, 3.05) is 18.6 Å². The number of amides is 1. The fourth-order valence-corrected chi connectivity index (χ4v) is 2.35. The quantitative estimate of drug-likeness (QED) is 0.896. The number of carbonyl (C=O) groups is 2. The van der Waals surface area contributed by atoms with Crippen LogP contribution >= 0.6 is 0 Å². The summed E-state index contributed by atoms with van der Waals surface area (Å²) in [6.45, 7) is 1.63. The highest BCUT2D eigenvalue weighted by Crippen LogP contribution is 2.42. The van der Waals surface area contributed by atoms with E-state index in [1.807, 2.05) is 6.92 Å². The number of carboxylic acids is 1. The molecular weight excluding hydrogens is 258 g/mol. The summed E-state index contributed by atoms with van der Waals surface area (Å²) in [5.74, 6) is -0.408. The lowest BCUT2D eigenvalue weighted by Crippen LogP contribution is -2.44. The van der Waals surface area contributed by atoms with Crippen molar-refractivity contribution in [3.8, 4) is 5.75 Å². The lowest BCUT2D eigenvalue weighted by atomic mass is 9.69. The molecule has 0 aromatic heterocycles. The van der Waals surface area contributed by atoms with E-state index in [1.165, 1.54) is 0 Å². The molecule has 5 nitrogen and oxygen atoms in total. The van der Waals surface area contributed by atoms with Crippen LogP contribution in [-0.4, -0.2) is 30.6 Å². The van der Waals surface area contributed by atoms with Crippen LogP contribution in [0.2, 0.25) is 0 Å². The van der Waals surface area contributed by atoms with E-state index in [4.69, 9.17) is 9.84 Å². The average Bonchev–Trinajstić information content (AvgIpc) is 2.41. The normalized spacial score (nSPS) is 16.1. The fraction of sp³-hybridized carbons (Fsp3) is 0.467. The second kappa shape index (κ2) is 5.53. The standard InChI is InChI=1S/C15H19NO4/c1-15(8-3-9-15)14(19)16(2)11-4-6-12(7-5-11)20-10-13(17)18/h4-7H,3,8-10H2,1-2H3,(H,17,18). The molecule has 20 heavy (non-hydrogen) atoms. The summed E-state index contributed by atoms with van der Waals surface area (Å²) < 4.78 is 5.06. The number of nitrogens with zero attached hydrogens (tertiary/aromatic N) is 1. The van der Waals surface area contributed by atoms with Crippen LogP contribution in [0.1, 0.15) is 26.2 Å². The smallest absolute Gasteiger partial charge is 0.341 e. The first-order chi connectivity index (χ1) is 9.42. The Bertz CT molecular complexity index is 505. The number of benzene rings is 1. The van der Waals surface area contributed by atoms with Crippen molar-refractivity contribution in [3.05, 3.63) is 24.3 Å². The summed E-state index contributed by atoms with van der Waals surface area (Å²) >= 11 is 0. The Morgan fingerprint density at radius 3 is 2.35 bits per heavy atom. The zero-order valence-electron chi connectivity index (χ0n) is 11.8. The summed E-state index contributed by atoms with van der Waals surface area (Å²) in [5.41, 5.74) is 0.554. The lowest BCUT2D eigenvalue weighted by Gasteiger charge is -2.39. The number of ether oxygens (including phenoxy) is 1. The molecule has 1 aliphatic rings. The van der Waals surface area contributed by atoms with Crippen LogP contribution < -0.4 is 9.64 Å². The summed E-state index contributed by atoms with van der Waals surface area (Å²) in [5, 5.41) is 8.54. The largest absolute Gasteiger partial charge is 0.482 e. The minimum Gasteiger partial charge on any atom is -0.482 e. The molecule has 2 rings (SSSR count). The average molecular weight is 277 g/mol. The van der Waals surface area contributed by atoms with Crippen molar-refractivity contribution in [3.63, 3.8) is 0 Å². The van der Waals surface area contributed by atoms with Gasteiger partial charge in [0.2, 0.25) is 5.91 Å². The van der Waals surface area contributed by atoms with Crippen LogP contribution in [-0.2, 0) is 9.59 Å². The Morgan fingerprint density at radius 2 is 1.90 bits per heavy atom. The maximum absolute atomic E-state index is 12.4. The van der Waals surface area contributed by atoms with Crippen molar-refractivity contribution in [2.24, 2.45) is 5.41 Å². The molecule has 0 aliphatic heterocycles. The third-order valence-electron chi connectivity index (χ3n) is 3.86. The van der Waals surface area contributed by atoms with E-state index in [-0.39, 0.29) is 17.9 Å². The Hall–Kier alpha value is -2.04. The molecule has 1 fully saturated rings. The number of anilines is 1. The van der Waals surface area contributed by atoms with Gasteiger partial charge in [0.05, 0.1) is 0 Å². The van der Waals surface area contributed by atoms with Crippen LogP contribution in [0.25, 0.3) is 0 Å². The highest BCUT2D eigenvalue weighted by molar-refractivity contribution is 5.97. The molecular formula is C15H19NO4. The molecule has 1 saturated carbocycles. The van der Waals surface area contributed by atoms with Gasteiger partial charge in [-0.15, -0.1) is 0 Å². The number of hydrogen-bond donors (Lipinski definition) is 1. The molecule has 1 aliphatic carbocycles. The number of carboxylic acid groups (broad SMARTS) is 1. The van der Waals surface area contributed by atoms with E-state index in [1.54, 1.807) is 36.2 Å². The van der Waals surface area contributed by atoms with Gasteiger partial charge in [-0.25, -0.2) is 4.79 Å². The van der Waals surface area contributed by atoms with Gasteiger partial charge in [-0.3, -0.25) is 4.79 Å². The summed E-state index contributed by atoms with van der Waals surface area (Å²) in [7, 11) is 1.76. The second-order valence-corrected chi connectivity index (χ2v) is 5.45. The number of carbonyl (C=O) groups excluding carboxylic acids is 1. The highest BCUT2D eigenvalue weighted by Gasteiger charge is 2.41. The molecule has 0 bridgehead atoms. The van der Waals surface area contributed by atoms with Gasteiger partial charge in [-0.2, -0.15) is 0 Å². The third-order valence-corrected chi connectivity index (χ3v) is 3.86. The number of aliphatic carboxylic acids is 1. The molecule has 0 saturated heterocycles. The first kappa shape index (κ1) is 14.4. The van der Waals surface area contributed by atoms with Crippen LogP contribution in [0.5, 0.6) is 5.75 Å². The SMILES string of the molecule is CN(C(=O)C1(C)CCC1)c1ccc(OCC(=O)O)cc1. The van der Waals surface area contributed by atoms with Gasteiger partial charge < -0.3 is 14.7 Å². The summed E-state index contributed by atoms with van der Waals surface area (Å²) in [6, 6.07) is 6.87. The lowest BCUT2D eigenvalue weighted by molar-refractivity contribution is -0.139.